The Hall–Kier alpha value is -2.72. The molecule has 1 atom stereocenters. The lowest BCUT2D eigenvalue weighted by Crippen LogP contribution is -1.96. The quantitative estimate of drug-likeness (QED) is 0.610. The van der Waals surface area contributed by atoms with Crippen LogP contribution in [0.1, 0.15) is 23.0 Å². The molecule has 0 spiro atoms. The van der Waals surface area contributed by atoms with Crippen molar-refractivity contribution in [1.29, 1.82) is 0 Å². The second kappa shape index (κ2) is 5.73. The van der Waals surface area contributed by atoms with E-state index in [1.54, 1.807) is 0 Å². The minimum Gasteiger partial charge on any atom is -0.465 e. The molecule has 0 saturated carbocycles. The molecule has 1 heteroatoms. The average Bonchev–Trinajstić information content (AvgIpc) is 2.96. The van der Waals surface area contributed by atoms with E-state index >= 15 is 0 Å². The molecule has 3 aromatic rings. The maximum Gasteiger partial charge on any atom is 0.123 e. The van der Waals surface area contributed by atoms with Crippen LogP contribution in [0.4, 0.5) is 0 Å². The van der Waals surface area contributed by atoms with Gasteiger partial charge in [-0.3, -0.25) is 0 Å². The fourth-order valence-electron chi connectivity index (χ4n) is 2.45. The van der Waals surface area contributed by atoms with Crippen molar-refractivity contribution < 1.29 is 4.42 Å². The molecular weight excluding hydrogens is 256 g/mol. The number of benzene rings is 2. The van der Waals surface area contributed by atoms with Gasteiger partial charge in [0.1, 0.15) is 17.4 Å². The van der Waals surface area contributed by atoms with Crippen molar-refractivity contribution in [3.05, 3.63) is 83.8 Å². The molecular formula is C20H16O. The largest absolute Gasteiger partial charge is 0.465 e. The van der Waals surface area contributed by atoms with E-state index in [1.165, 1.54) is 11.1 Å². The fraction of sp³-hybridized carbons (Fsp3) is 0.100. The normalized spacial score (nSPS) is 11.8. The lowest BCUT2D eigenvalue weighted by molar-refractivity contribution is 0.483. The molecule has 0 saturated heterocycles. The minimum absolute atomic E-state index is 0.136. The van der Waals surface area contributed by atoms with E-state index in [0.717, 1.165) is 17.1 Å². The number of terminal acetylenes is 1. The number of aryl methyl sites for hydroxylation is 1. The number of rotatable bonds is 3. The topological polar surface area (TPSA) is 13.1 Å². The zero-order valence-electron chi connectivity index (χ0n) is 11.9. The van der Waals surface area contributed by atoms with Crippen molar-refractivity contribution in [2.45, 2.75) is 12.8 Å². The molecule has 1 nitrogen and oxygen atoms in total. The molecule has 1 aromatic heterocycles. The van der Waals surface area contributed by atoms with Gasteiger partial charge in [-0.15, -0.1) is 6.42 Å². The molecule has 0 radical (unpaired) electrons. The van der Waals surface area contributed by atoms with Crippen LogP contribution in [0, 0.1) is 19.3 Å². The van der Waals surface area contributed by atoms with E-state index in [4.69, 9.17) is 10.8 Å². The van der Waals surface area contributed by atoms with Gasteiger partial charge in [-0.1, -0.05) is 60.5 Å². The molecule has 0 amide bonds. The predicted molar refractivity (Wildman–Crippen MR) is 86.0 cm³/mol. The van der Waals surface area contributed by atoms with Gasteiger partial charge in [-0.25, -0.2) is 0 Å². The van der Waals surface area contributed by atoms with Gasteiger partial charge < -0.3 is 4.42 Å². The summed E-state index contributed by atoms with van der Waals surface area (Å²) < 4.78 is 5.66. The lowest BCUT2D eigenvalue weighted by atomic mass is 9.95. The summed E-state index contributed by atoms with van der Waals surface area (Å²) >= 11 is 0. The number of furan rings is 1. The van der Waals surface area contributed by atoms with Crippen molar-refractivity contribution >= 4 is 0 Å². The molecule has 0 fully saturated rings. The van der Waals surface area contributed by atoms with Gasteiger partial charge in [0, 0.05) is 0 Å². The molecule has 102 valence electrons. The summed E-state index contributed by atoms with van der Waals surface area (Å²) in [6, 6.07) is 22.5. The van der Waals surface area contributed by atoms with Crippen molar-refractivity contribution in [2.75, 3.05) is 0 Å². The van der Waals surface area contributed by atoms with E-state index in [9.17, 15) is 0 Å². The van der Waals surface area contributed by atoms with Gasteiger partial charge in [0.05, 0.1) is 0 Å². The highest BCUT2D eigenvalue weighted by atomic mass is 16.3. The Balaban J connectivity index is 1.92. The van der Waals surface area contributed by atoms with Crippen LogP contribution in [-0.4, -0.2) is 0 Å². The average molecular weight is 272 g/mol. The number of hydrogen-bond donors (Lipinski definition) is 0. The summed E-state index contributed by atoms with van der Waals surface area (Å²) in [6.07, 6.45) is 5.69. The standard InChI is InChI=1S/C20H16O/c1-3-19(20-14-9-15(2)21-20)18-12-10-17(11-13-18)16-7-5-4-6-8-16/h1,4-14,19H,2H3. The van der Waals surface area contributed by atoms with Crippen LogP contribution in [0.3, 0.4) is 0 Å². The second-order valence-corrected chi connectivity index (χ2v) is 5.04. The van der Waals surface area contributed by atoms with Crippen molar-refractivity contribution in [1.82, 2.24) is 0 Å². The zero-order chi connectivity index (χ0) is 14.7. The van der Waals surface area contributed by atoms with E-state index in [0.29, 0.717) is 0 Å². The Bertz CT molecular complexity index is 758. The van der Waals surface area contributed by atoms with E-state index in [2.05, 4.69) is 42.3 Å². The molecule has 1 unspecified atom stereocenters. The van der Waals surface area contributed by atoms with Crippen LogP contribution in [0.2, 0.25) is 0 Å². The minimum atomic E-state index is -0.136. The van der Waals surface area contributed by atoms with E-state index in [-0.39, 0.29) is 5.92 Å². The molecule has 0 N–H and O–H groups in total. The summed E-state index contributed by atoms with van der Waals surface area (Å²) in [5.74, 6) is 4.38. The van der Waals surface area contributed by atoms with Gasteiger partial charge in [-0.2, -0.15) is 0 Å². The van der Waals surface area contributed by atoms with Gasteiger partial charge in [0.25, 0.3) is 0 Å². The molecule has 0 aliphatic heterocycles. The predicted octanol–water partition coefficient (Wildman–Crippen LogP) is 5.02. The van der Waals surface area contributed by atoms with Crippen LogP contribution < -0.4 is 0 Å². The van der Waals surface area contributed by atoms with Gasteiger partial charge in [-0.05, 0) is 35.7 Å². The van der Waals surface area contributed by atoms with Gasteiger partial charge in [0.15, 0.2) is 0 Å². The first kappa shape index (κ1) is 13.3. The van der Waals surface area contributed by atoms with Crippen LogP contribution in [-0.2, 0) is 0 Å². The third-order valence-corrected chi connectivity index (χ3v) is 3.56. The Morgan fingerprint density at radius 3 is 2.10 bits per heavy atom. The third kappa shape index (κ3) is 2.75. The van der Waals surface area contributed by atoms with Crippen LogP contribution in [0.5, 0.6) is 0 Å². The molecule has 1 heterocycles. The highest BCUT2D eigenvalue weighted by Crippen LogP contribution is 2.28. The maximum absolute atomic E-state index is 5.69. The van der Waals surface area contributed by atoms with Crippen molar-refractivity contribution in [2.24, 2.45) is 0 Å². The Morgan fingerprint density at radius 2 is 1.52 bits per heavy atom. The van der Waals surface area contributed by atoms with Crippen LogP contribution >= 0.6 is 0 Å². The monoisotopic (exact) mass is 272 g/mol. The van der Waals surface area contributed by atoms with Crippen LogP contribution in [0.15, 0.2) is 71.1 Å². The molecule has 0 bridgehead atoms. The summed E-state index contributed by atoms with van der Waals surface area (Å²) in [6.45, 7) is 1.93. The summed E-state index contributed by atoms with van der Waals surface area (Å²) in [7, 11) is 0. The van der Waals surface area contributed by atoms with Crippen molar-refractivity contribution in [3.63, 3.8) is 0 Å². The zero-order valence-corrected chi connectivity index (χ0v) is 11.9. The third-order valence-electron chi connectivity index (χ3n) is 3.56. The van der Waals surface area contributed by atoms with Crippen LogP contribution in [0.25, 0.3) is 11.1 Å². The highest BCUT2D eigenvalue weighted by molar-refractivity contribution is 5.63. The number of hydrogen-bond acceptors (Lipinski definition) is 1. The van der Waals surface area contributed by atoms with E-state index < -0.39 is 0 Å². The Kier molecular flexibility index (Phi) is 3.62. The molecule has 0 aliphatic carbocycles. The molecule has 0 aliphatic rings. The SMILES string of the molecule is C#CC(c1ccc(-c2ccccc2)cc1)c1ccc(C)o1. The van der Waals surface area contributed by atoms with Gasteiger partial charge in [0.2, 0.25) is 0 Å². The molecule has 3 rings (SSSR count). The first-order valence-electron chi connectivity index (χ1n) is 6.96. The second-order valence-electron chi connectivity index (χ2n) is 5.04. The van der Waals surface area contributed by atoms with Crippen molar-refractivity contribution in [3.8, 4) is 23.5 Å². The fourth-order valence-corrected chi connectivity index (χ4v) is 2.45. The smallest absolute Gasteiger partial charge is 0.123 e. The summed E-state index contributed by atoms with van der Waals surface area (Å²) in [5.41, 5.74) is 3.47. The Labute approximate surface area is 125 Å². The highest BCUT2D eigenvalue weighted by Gasteiger charge is 2.14. The lowest BCUT2D eigenvalue weighted by Gasteiger charge is -2.09. The molecule has 21 heavy (non-hydrogen) atoms. The first-order chi connectivity index (χ1) is 10.3. The van der Waals surface area contributed by atoms with E-state index in [1.807, 2.05) is 37.3 Å². The summed E-state index contributed by atoms with van der Waals surface area (Å²) in [5, 5.41) is 0. The Morgan fingerprint density at radius 1 is 0.857 bits per heavy atom. The summed E-state index contributed by atoms with van der Waals surface area (Å²) in [4.78, 5) is 0. The van der Waals surface area contributed by atoms with Gasteiger partial charge >= 0.3 is 0 Å². The maximum atomic E-state index is 5.69. The molecule has 2 aromatic carbocycles. The first-order valence-corrected chi connectivity index (χ1v) is 6.96.